The zero-order valence-corrected chi connectivity index (χ0v) is 45.4. The molecule has 3 aliphatic rings. The van der Waals surface area contributed by atoms with Gasteiger partial charge in [-0.05, 0) is 135 Å². The smallest absolute Gasteiger partial charge is 0.128 e. The van der Waals surface area contributed by atoms with E-state index in [1.54, 1.807) is 0 Å². The van der Waals surface area contributed by atoms with Gasteiger partial charge in [-0.25, -0.2) is 0 Å². The average Bonchev–Trinajstić information content (AvgIpc) is 3.40. The number of fused-ring (bicyclic) bond motifs is 20. The number of carbonyl (C=O) groups is 3. The van der Waals surface area contributed by atoms with Crippen molar-refractivity contribution in [3.63, 3.8) is 0 Å². The predicted molar refractivity (Wildman–Crippen MR) is 313 cm³/mol. The highest BCUT2D eigenvalue weighted by molar-refractivity contribution is 6.12. The standard InChI is InChI=1S/C56H56N4O4.3C3H6O.H2O/c61-53-37-25-33-13-1-5-17-41(33)49(53)50-42-18-6-2-14-34(42)26-38(54(50)62)30-58-47-23-11-12-24-48(47)60-32-40-28-36-16-4-8-20-44(36)52(56(40)64)51-43-19-7-3-15-35(43)27-39(55(51)63)31-59-46-22-10-9-21-45(46)57-29-37;3*1-3(2)4;/h1-8,13-20,25-28,45-48,57-64H,9-12,21-24,29-32H2;3*1-2H3;1H2/t45-,46-,47-,48-;;;;/m1..../s1. The Morgan fingerprint density at radius 2 is 0.532 bits per heavy atom. The molecule has 8 bridgehead atoms. The Morgan fingerprint density at radius 1 is 0.351 bits per heavy atom. The van der Waals surface area contributed by atoms with Crippen molar-refractivity contribution in [1.29, 1.82) is 0 Å². The van der Waals surface area contributed by atoms with Gasteiger partial charge in [-0.3, -0.25) is 0 Å². The second-order valence-corrected chi connectivity index (χ2v) is 21.2. The number of nitrogens with one attached hydrogen (secondary N) is 4. The molecule has 12 nitrogen and oxygen atoms in total. The molecule has 2 fully saturated rings. The minimum atomic E-state index is 0. The molecular formula is C65H76N4O8. The number of phenolic OH excluding ortho intramolecular Hbond substituents is 4. The zero-order chi connectivity index (χ0) is 54.0. The van der Waals surface area contributed by atoms with E-state index < -0.39 is 0 Å². The minimum absolute atomic E-state index is 0. The quantitative estimate of drug-likeness (QED) is 0.0716. The number of Topliss-reactive ketones (excluding diaryl/α,β-unsaturated/α-hetero) is 3. The third-order valence-electron chi connectivity index (χ3n) is 14.7. The van der Waals surface area contributed by atoms with Crippen LogP contribution >= 0.6 is 0 Å². The van der Waals surface area contributed by atoms with Gasteiger partial charge in [-0.1, -0.05) is 123 Å². The van der Waals surface area contributed by atoms with Gasteiger partial charge in [-0.2, -0.15) is 0 Å². The summed E-state index contributed by atoms with van der Waals surface area (Å²) in [6, 6.07) is 41.4. The van der Waals surface area contributed by atoms with Crippen LogP contribution in [0.1, 0.15) is 115 Å². The van der Waals surface area contributed by atoms with Crippen LogP contribution in [0.5, 0.6) is 23.0 Å². The molecule has 12 heteroatoms. The van der Waals surface area contributed by atoms with Gasteiger partial charge in [0.1, 0.15) is 40.3 Å². The minimum Gasteiger partial charge on any atom is -0.507 e. The number of hydrogen-bond acceptors (Lipinski definition) is 11. The molecule has 10 N–H and O–H groups in total. The molecule has 0 amide bonds. The van der Waals surface area contributed by atoms with Crippen LogP contribution in [-0.2, 0) is 40.6 Å². The first-order valence-corrected chi connectivity index (χ1v) is 26.9. The first-order valence-electron chi connectivity index (χ1n) is 26.9. The van der Waals surface area contributed by atoms with Gasteiger partial charge in [0.05, 0.1) is 0 Å². The number of carbonyl (C=O) groups excluding carboxylic acids is 3. The Balaban J connectivity index is 0.000000603. The van der Waals surface area contributed by atoms with Crippen molar-refractivity contribution < 1.29 is 40.3 Å². The van der Waals surface area contributed by atoms with E-state index in [-0.39, 0.29) is 70.0 Å². The number of ketones is 3. The molecular weight excluding hydrogens is 965 g/mol. The van der Waals surface area contributed by atoms with Crippen molar-refractivity contribution in [2.24, 2.45) is 0 Å². The molecule has 0 saturated heterocycles. The molecule has 11 rings (SSSR count). The molecule has 77 heavy (non-hydrogen) atoms. The lowest BCUT2D eigenvalue weighted by molar-refractivity contribution is -0.115. The van der Waals surface area contributed by atoms with Crippen LogP contribution < -0.4 is 21.3 Å². The highest BCUT2D eigenvalue weighted by atomic mass is 16.3. The topological polar surface area (TPSA) is 212 Å². The van der Waals surface area contributed by atoms with Gasteiger partial charge in [0.2, 0.25) is 0 Å². The summed E-state index contributed by atoms with van der Waals surface area (Å²) in [6.07, 6.45) is 8.25. The summed E-state index contributed by atoms with van der Waals surface area (Å²) in [5.74, 6) is 1.21. The van der Waals surface area contributed by atoms with Crippen LogP contribution in [0.15, 0.2) is 121 Å². The lowest BCUT2D eigenvalue weighted by atomic mass is 9.87. The summed E-state index contributed by atoms with van der Waals surface area (Å²) in [5, 5.41) is 72.8. The molecule has 1 aliphatic heterocycles. The van der Waals surface area contributed by atoms with Gasteiger partial charge in [-0.15, -0.1) is 0 Å². The number of benzene rings is 8. The van der Waals surface area contributed by atoms with Crippen molar-refractivity contribution in [1.82, 2.24) is 21.3 Å². The molecule has 1 heterocycles. The Bertz CT molecular complexity index is 2960. The first-order chi connectivity index (χ1) is 36.6. The van der Waals surface area contributed by atoms with E-state index in [4.69, 9.17) is 0 Å². The third-order valence-corrected chi connectivity index (χ3v) is 14.7. The SMILES string of the molecule is CC(C)=O.CC(C)=O.CC(C)=O.O.Oc1c2cc3ccccc3c1-c1c(O)c(cc3ccccc13)CN[C@@H]1CCCC[C@H]1NCc1cc3ccccc3c(c1O)-c1c(O)c(cc3ccccc13)CN[C@@H]1CCCC[C@H]1NC2. The highest BCUT2D eigenvalue weighted by Gasteiger charge is 2.30. The molecule has 0 unspecified atom stereocenters. The van der Waals surface area contributed by atoms with E-state index in [2.05, 4.69) is 69.8 Å². The average molecular weight is 1040 g/mol. The van der Waals surface area contributed by atoms with Crippen molar-refractivity contribution >= 4 is 60.4 Å². The molecule has 2 aliphatic carbocycles. The summed E-state index contributed by atoms with van der Waals surface area (Å²) in [5.41, 5.74) is 5.70. The van der Waals surface area contributed by atoms with Crippen LogP contribution in [0.25, 0.3) is 65.3 Å². The molecule has 8 aromatic rings. The number of aromatic hydroxyl groups is 4. The Morgan fingerprint density at radius 3 is 0.727 bits per heavy atom. The second kappa shape index (κ2) is 26.2. The van der Waals surface area contributed by atoms with E-state index in [9.17, 15) is 34.8 Å². The molecule has 8 aromatic carbocycles. The predicted octanol–water partition coefficient (Wildman–Crippen LogP) is 12.1. The van der Waals surface area contributed by atoms with Crippen LogP contribution in [0.2, 0.25) is 0 Å². The molecule has 4 atom stereocenters. The van der Waals surface area contributed by atoms with Crippen LogP contribution in [0.4, 0.5) is 0 Å². The number of rotatable bonds is 0. The van der Waals surface area contributed by atoms with E-state index in [1.807, 2.05) is 72.8 Å². The molecule has 2 saturated carbocycles. The zero-order valence-electron chi connectivity index (χ0n) is 45.4. The summed E-state index contributed by atoms with van der Waals surface area (Å²) in [4.78, 5) is 28.3. The Labute approximate surface area is 452 Å². The third kappa shape index (κ3) is 13.5. The van der Waals surface area contributed by atoms with Gasteiger partial charge in [0.25, 0.3) is 0 Å². The molecule has 0 spiro atoms. The van der Waals surface area contributed by atoms with Crippen LogP contribution in [0, 0.1) is 0 Å². The van der Waals surface area contributed by atoms with Crippen molar-refractivity contribution in [2.45, 2.75) is 143 Å². The lowest BCUT2D eigenvalue weighted by Crippen LogP contribution is -2.49. The number of hydrogen-bond donors (Lipinski definition) is 8. The number of phenols is 4. The first kappa shape index (κ1) is 57.5. The summed E-state index contributed by atoms with van der Waals surface area (Å²) in [6.45, 7) is 10.9. The summed E-state index contributed by atoms with van der Waals surface area (Å²) < 4.78 is 0. The van der Waals surface area contributed by atoms with Gasteiger partial charge >= 0.3 is 0 Å². The van der Waals surface area contributed by atoms with E-state index in [1.165, 1.54) is 41.5 Å². The van der Waals surface area contributed by atoms with Crippen molar-refractivity contribution in [3.05, 3.63) is 144 Å². The van der Waals surface area contributed by atoms with Crippen molar-refractivity contribution in [2.75, 3.05) is 0 Å². The Hall–Kier alpha value is -7.19. The maximum absolute atomic E-state index is 12.5. The molecule has 0 aromatic heterocycles. The maximum atomic E-state index is 12.5. The highest BCUT2D eigenvalue weighted by Crippen LogP contribution is 2.49. The van der Waals surface area contributed by atoms with Crippen molar-refractivity contribution in [3.8, 4) is 45.3 Å². The van der Waals surface area contributed by atoms with E-state index >= 15 is 0 Å². The normalized spacial score (nSPS) is 18.5. The molecule has 404 valence electrons. The fraction of sp³-hybridized carbons (Fsp3) is 0.338. The van der Waals surface area contributed by atoms with Gasteiger partial charge in [0.15, 0.2) is 0 Å². The van der Waals surface area contributed by atoms with E-state index in [0.717, 1.165) is 117 Å². The van der Waals surface area contributed by atoms with Crippen LogP contribution in [0.3, 0.4) is 0 Å². The summed E-state index contributed by atoms with van der Waals surface area (Å²) >= 11 is 0. The maximum Gasteiger partial charge on any atom is 0.128 e. The summed E-state index contributed by atoms with van der Waals surface area (Å²) in [7, 11) is 0. The fourth-order valence-electron chi connectivity index (χ4n) is 11.3. The largest absolute Gasteiger partial charge is 0.507 e. The Kier molecular flexibility index (Phi) is 19.6. The second-order valence-electron chi connectivity index (χ2n) is 21.2. The van der Waals surface area contributed by atoms with Gasteiger partial charge in [0, 0.05) is 94.9 Å². The molecule has 0 radical (unpaired) electrons. The monoisotopic (exact) mass is 1040 g/mol. The lowest BCUT2D eigenvalue weighted by Gasteiger charge is -2.34. The van der Waals surface area contributed by atoms with E-state index in [0.29, 0.717) is 48.4 Å². The van der Waals surface area contributed by atoms with Crippen LogP contribution in [-0.4, -0.2) is 67.4 Å². The van der Waals surface area contributed by atoms with Gasteiger partial charge < -0.3 is 61.6 Å². The fourth-order valence-corrected chi connectivity index (χ4v) is 11.3.